The monoisotopic (exact) mass is 397 g/mol. The SMILES string of the molecule is COc1c(C(=O)Nc2cccc(C(C)=O)c2)cc2ccccc2c1Br. The first kappa shape index (κ1) is 17.2. The van der Waals surface area contributed by atoms with E-state index in [0.29, 0.717) is 22.6 Å². The topological polar surface area (TPSA) is 55.4 Å². The summed E-state index contributed by atoms with van der Waals surface area (Å²) in [6.45, 7) is 1.49. The quantitative estimate of drug-likeness (QED) is 0.625. The number of methoxy groups -OCH3 is 1. The number of anilines is 1. The van der Waals surface area contributed by atoms with E-state index in [-0.39, 0.29) is 11.7 Å². The van der Waals surface area contributed by atoms with Gasteiger partial charge in [-0.25, -0.2) is 0 Å². The zero-order chi connectivity index (χ0) is 18.0. The Balaban J connectivity index is 2.02. The van der Waals surface area contributed by atoms with Crippen LogP contribution in [-0.4, -0.2) is 18.8 Å². The molecule has 0 spiro atoms. The van der Waals surface area contributed by atoms with Gasteiger partial charge in [0.25, 0.3) is 5.91 Å². The van der Waals surface area contributed by atoms with Gasteiger partial charge in [0.1, 0.15) is 5.75 Å². The van der Waals surface area contributed by atoms with Crippen molar-refractivity contribution in [2.45, 2.75) is 6.92 Å². The van der Waals surface area contributed by atoms with Crippen LogP contribution in [0.2, 0.25) is 0 Å². The summed E-state index contributed by atoms with van der Waals surface area (Å²) < 4.78 is 6.18. The van der Waals surface area contributed by atoms with Crippen molar-refractivity contribution in [2.24, 2.45) is 0 Å². The minimum absolute atomic E-state index is 0.0536. The van der Waals surface area contributed by atoms with Crippen LogP contribution in [0.5, 0.6) is 5.75 Å². The number of ketones is 1. The first-order valence-corrected chi connectivity index (χ1v) is 8.48. The molecule has 0 aliphatic carbocycles. The number of carbonyl (C=O) groups excluding carboxylic acids is 2. The summed E-state index contributed by atoms with van der Waals surface area (Å²) >= 11 is 3.53. The second kappa shape index (κ2) is 7.07. The number of hydrogen-bond acceptors (Lipinski definition) is 3. The molecule has 0 heterocycles. The van der Waals surface area contributed by atoms with E-state index >= 15 is 0 Å². The molecule has 4 nitrogen and oxygen atoms in total. The molecule has 1 amide bonds. The van der Waals surface area contributed by atoms with E-state index < -0.39 is 0 Å². The van der Waals surface area contributed by atoms with Gasteiger partial charge in [-0.05, 0) is 51.8 Å². The Morgan fingerprint density at radius 1 is 1.04 bits per heavy atom. The van der Waals surface area contributed by atoms with E-state index in [2.05, 4.69) is 21.2 Å². The number of ether oxygens (including phenoxy) is 1. The molecule has 0 unspecified atom stereocenters. The fourth-order valence-corrected chi connectivity index (χ4v) is 3.40. The Morgan fingerprint density at radius 2 is 1.80 bits per heavy atom. The molecule has 0 saturated heterocycles. The van der Waals surface area contributed by atoms with Gasteiger partial charge in [0.05, 0.1) is 17.1 Å². The average molecular weight is 398 g/mol. The maximum atomic E-state index is 12.8. The van der Waals surface area contributed by atoms with Crippen molar-refractivity contribution in [1.82, 2.24) is 0 Å². The molecule has 126 valence electrons. The number of benzene rings is 3. The van der Waals surface area contributed by atoms with Gasteiger partial charge in [-0.1, -0.05) is 36.4 Å². The van der Waals surface area contributed by atoms with Gasteiger partial charge >= 0.3 is 0 Å². The number of nitrogens with one attached hydrogen (secondary N) is 1. The van der Waals surface area contributed by atoms with Crippen molar-refractivity contribution in [3.8, 4) is 5.75 Å². The van der Waals surface area contributed by atoms with Crippen LogP contribution in [0.15, 0.2) is 59.1 Å². The minimum Gasteiger partial charge on any atom is -0.495 e. The number of rotatable bonds is 4. The lowest BCUT2D eigenvalue weighted by Crippen LogP contribution is -2.14. The molecule has 0 bridgehead atoms. The van der Waals surface area contributed by atoms with Crippen LogP contribution in [0.25, 0.3) is 10.8 Å². The van der Waals surface area contributed by atoms with E-state index in [1.807, 2.05) is 24.3 Å². The van der Waals surface area contributed by atoms with Gasteiger partial charge in [-0.15, -0.1) is 0 Å². The first-order valence-electron chi connectivity index (χ1n) is 7.69. The van der Waals surface area contributed by atoms with E-state index in [0.717, 1.165) is 15.2 Å². The average Bonchev–Trinajstić information content (AvgIpc) is 2.61. The summed E-state index contributed by atoms with van der Waals surface area (Å²) in [5.41, 5.74) is 1.52. The van der Waals surface area contributed by atoms with Crippen molar-refractivity contribution < 1.29 is 14.3 Å². The lowest BCUT2D eigenvalue weighted by molar-refractivity contribution is 0.101. The minimum atomic E-state index is -0.302. The van der Waals surface area contributed by atoms with Crippen molar-refractivity contribution in [3.63, 3.8) is 0 Å². The Kier molecular flexibility index (Phi) is 4.86. The Hall–Kier alpha value is -2.66. The zero-order valence-corrected chi connectivity index (χ0v) is 15.4. The molecule has 0 fully saturated rings. The summed E-state index contributed by atoms with van der Waals surface area (Å²) in [7, 11) is 1.53. The summed E-state index contributed by atoms with van der Waals surface area (Å²) in [5, 5.41) is 4.72. The summed E-state index contributed by atoms with van der Waals surface area (Å²) in [6, 6.07) is 16.4. The number of Topliss-reactive ketones (excluding diaryl/α,β-unsaturated/α-hetero) is 1. The van der Waals surface area contributed by atoms with Crippen LogP contribution < -0.4 is 10.1 Å². The van der Waals surface area contributed by atoms with E-state index in [4.69, 9.17) is 4.74 Å². The maximum absolute atomic E-state index is 12.8. The van der Waals surface area contributed by atoms with E-state index in [1.165, 1.54) is 14.0 Å². The smallest absolute Gasteiger partial charge is 0.259 e. The second-order valence-electron chi connectivity index (χ2n) is 5.58. The molecule has 25 heavy (non-hydrogen) atoms. The highest BCUT2D eigenvalue weighted by Gasteiger charge is 2.18. The second-order valence-corrected chi connectivity index (χ2v) is 6.38. The standard InChI is InChI=1S/C20H16BrNO3/c1-12(23)13-7-5-8-15(10-13)22-20(24)17-11-14-6-3-4-9-16(14)18(21)19(17)25-2/h3-11H,1-2H3,(H,22,24). The zero-order valence-electron chi connectivity index (χ0n) is 13.8. The van der Waals surface area contributed by atoms with Crippen molar-refractivity contribution in [2.75, 3.05) is 12.4 Å². The van der Waals surface area contributed by atoms with Crippen LogP contribution in [-0.2, 0) is 0 Å². The fraction of sp³-hybridized carbons (Fsp3) is 0.100. The van der Waals surface area contributed by atoms with Crippen molar-refractivity contribution in [1.29, 1.82) is 0 Å². The molecular weight excluding hydrogens is 382 g/mol. The van der Waals surface area contributed by atoms with Crippen molar-refractivity contribution in [3.05, 3.63) is 70.2 Å². The molecule has 5 heteroatoms. The predicted molar refractivity (Wildman–Crippen MR) is 103 cm³/mol. The molecule has 0 aromatic heterocycles. The predicted octanol–water partition coefficient (Wildman–Crippen LogP) is 5.07. The third-order valence-electron chi connectivity index (χ3n) is 3.92. The number of halogens is 1. The fourth-order valence-electron chi connectivity index (χ4n) is 2.67. The lowest BCUT2D eigenvalue weighted by atomic mass is 10.0. The molecule has 0 aliphatic heterocycles. The van der Waals surface area contributed by atoms with Crippen LogP contribution in [0.3, 0.4) is 0 Å². The number of hydrogen-bond donors (Lipinski definition) is 1. The first-order chi connectivity index (χ1) is 12.0. The van der Waals surface area contributed by atoms with Gasteiger partial charge in [0, 0.05) is 11.3 Å². The molecule has 1 N–H and O–H groups in total. The van der Waals surface area contributed by atoms with Gasteiger partial charge in [-0.2, -0.15) is 0 Å². The Morgan fingerprint density at radius 3 is 2.52 bits per heavy atom. The molecule has 3 aromatic rings. The lowest BCUT2D eigenvalue weighted by Gasteiger charge is -2.14. The highest BCUT2D eigenvalue weighted by molar-refractivity contribution is 9.10. The van der Waals surface area contributed by atoms with E-state index in [1.54, 1.807) is 30.3 Å². The van der Waals surface area contributed by atoms with Crippen LogP contribution in [0.4, 0.5) is 5.69 Å². The molecule has 0 aliphatic rings. The van der Waals surface area contributed by atoms with Crippen molar-refractivity contribution >= 4 is 44.1 Å². The molecule has 0 radical (unpaired) electrons. The van der Waals surface area contributed by atoms with E-state index in [9.17, 15) is 9.59 Å². The highest BCUT2D eigenvalue weighted by Crippen LogP contribution is 2.36. The van der Waals surface area contributed by atoms with Gasteiger partial charge in [0.2, 0.25) is 0 Å². The Bertz CT molecular complexity index is 982. The number of amides is 1. The van der Waals surface area contributed by atoms with Crippen LogP contribution >= 0.6 is 15.9 Å². The van der Waals surface area contributed by atoms with Crippen LogP contribution in [0, 0.1) is 0 Å². The number of fused-ring (bicyclic) bond motifs is 1. The molecule has 0 saturated carbocycles. The third-order valence-corrected chi connectivity index (χ3v) is 4.70. The summed E-state index contributed by atoms with van der Waals surface area (Å²) in [5.74, 6) is 0.116. The van der Waals surface area contributed by atoms with Gasteiger partial charge in [-0.3, -0.25) is 9.59 Å². The largest absolute Gasteiger partial charge is 0.495 e. The Labute approximate surface area is 153 Å². The summed E-state index contributed by atoms with van der Waals surface area (Å²) in [6.07, 6.45) is 0. The molecule has 3 aromatic carbocycles. The molecule has 3 rings (SSSR count). The highest BCUT2D eigenvalue weighted by atomic mass is 79.9. The number of carbonyl (C=O) groups is 2. The molecular formula is C20H16BrNO3. The molecule has 0 atom stereocenters. The van der Waals surface area contributed by atoms with Crippen LogP contribution in [0.1, 0.15) is 27.6 Å². The summed E-state index contributed by atoms with van der Waals surface area (Å²) in [4.78, 5) is 24.3. The normalized spacial score (nSPS) is 10.5. The third kappa shape index (κ3) is 3.42. The van der Waals surface area contributed by atoms with Gasteiger partial charge in [0.15, 0.2) is 5.78 Å². The maximum Gasteiger partial charge on any atom is 0.259 e. The van der Waals surface area contributed by atoms with Gasteiger partial charge < -0.3 is 10.1 Å².